The minimum Gasteiger partial charge on any atom is -0.419 e. The van der Waals surface area contributed by atoms with Crippen LogP contribution >= 0.6 is 0 Å². The molecule has 0 aliphatic heterocycles. The Morgan fingerprint density at radius 1 is 1.38 bits per heavy atom. The number of halogens is 2. The Labute approximate surface area is 84.5 Å². The van der Waals surface area contributed by atoms with E-state index >= 15 is 0 Å². The highest BCUT2D eigenvalue weighted by atomic mass is 28.5. The molecule has 0 rings (SSSR count). The molecule has 0 N–H and O–H groups in total. The third kappa shape index (κ3) is 7.66. The van der Waals surface area contributed by atoms with Gasteiger partial charge in [-0.3, -0.25) is 4.11 Å². The zero-order valence-corrected chi connectivity index (χ0v) is 13.1. The first-order valence-corrected chi connectivity index (χ1v) is 12.5. The van der Waals surface area contributed by atoms with Crippen molar-refractivity contribution in [1.82, 2.24) is 0 Å². The van der Waals surface area contributed by atoms with Crippen LogP contribution in [0.25, 0.3) is 0 Å². The van der Waals surface area contributed by atoms with E-state index in [1.807, 2.05) is 6.55 Å². The minimum atomic E-state index is -3.48. The molecule has 0 fully saturated rings. The minimum absolute atomic E-state index is 0.814. The van der Waals surface area contributed by atoms with Crippen molar-refractivity contribution in [2.75, 3.05) is 0 Å². The van der Waals surface area contributed by atoms with Crippen molar-refractivity contribution in [3.8, 4) is 0 Å². The van der Waals surface area contributed by atoms with Gasteiger partial charge in [-0.25, -0.2) is 4.11 Å². The second-order valence-corrected chi connectivity index (χ2v) is 10.3. The summed E-state index contributed by atoms with van der Waals surface area (Å²) in [5.74, 6) is 0. The fraction of sp³-hybridized carbons (Fsp3) is 1.00. The topological polar surface area (TPSA) is 27.7 Å². The van der Waals surface area contributed by atoms with Gasteiger partial charge in [0, 0.05) is 6.55 Å². The van der Waals surface area contributed by atoms with Crippen LogP contribution < -0.4 is 0 Å². The Bertz CT molecular complexity index is 147. The van der Waals surface area contributed by atoms with Gasteiger partial charge in [0.15, 0.2) is 0 Å². The summed E-state index contributed by atoms with van der Waals surface area (Å²) in [7, 11) is -9.03. The molecule has 0 radical (unpaired) electrons. The van der Waals surface area contributed by atoms with E-state index in [0.717, 1.165) is 0 Å². The number of hydrogen-bond donors (Lipinski definition) is 0. The molecule has 0 aromatic heterocycles. The van der Waals surface area contributed by atoms with Crippen LogP contribution in [0.3, 0.4) is 0 Å². The van der Waals surface area contributed by atoms with Gasteiger partial charge in [0.25, 0.3) is 0 Å². The van der Waals surface area contributed by atoms with Gasteiger partial charge in [-0.15, -0.1) is 0 Å². The highest BCUT2D eigenvalue weighted by Gasteiger charge is 2.34. The average Bonchev–Trinajstić information content (AvgIpc) is 1.81. The van der Waals surface area contributed by atoms with Gasteiger partial charge in [0.1, 0.15) is 9.76 Å². The van der Waals surface area contributed by atoms with E-state index in [9.17, 15) is 8.22 Å². The normalized spacial score (nSPS) is 21.7. The van der Waals surface area contributed by atoms with Crippen LogP contribution in [-0.4, -0.2) is 37.3 Å². The van der Waals surface area contributed by atoms with E-state index in [1.54, 1.807) is 6.55 Å². The Morgan fingerprint density at radius 3 is 2.31 bits per heavy atom. The first-order valence-electron chi connectivity index (χ1n) is 4.17. The third-order valence-electron chi connectivity index (χ3n) is 1.16. The molecular formula is C4H16F2O3Si4. The second kappa shape index (κ2) is 6.16. The van der Waals surface area contributed by atoms with Crippen molar-refractivity contribution in [2.45, 2.75) is 26.2 Å². The van der Waals surface area contributed by atoms with Gasteiger partial charge in [0.05, 0.1) is 0 Å². The maximum atomic E-state index is 13.4. The van der Waals surface area contributed by atoms with Gasteiger partial charge >= 0.3 is 27.6 Å². The van der Waals surface area contributed by atoms with E-state index in [-0.39, 0.29) is 0 Å². The zero-order chi connectivity index (χ0) is 10.5. The van der Waals surface area contributed by atoms with Crippen LogP contribution in [0.15, 0.2) is 0 Å². The lowest BCUT2D eigenvalue weighted by molar-refractivity contribution is 0.298. The molecule has 3 nitrogen and oxygen atoms in total. The predicted octanol–water partition coefficient (Wildman–Crippen LogP) is 0.376. The number of hydrogen-bond acceptors (Lipinski definition) is 3. The fourth-order valence-corrected chi connectivity index (χ4v) is 9.03. The van der Waals surface area contributed by atoms with Crippen molar-refractivity contribution in [1.29, 1.82) is 0 Å². The van der Waals surface area contributed by atoms with E-state index in [0.29, 0.717) is 0 Å². The smallest absolute Gasteiger partial charge is 0.419 e. The maximum Gasteiger partial charge on any atom is 0.517 e. The Kier molecular flexibility index (Phi) is 6.45. The van der Waals surface area contributed by atoms with E-state index in [2.05, 4.69) is 0 Å². The summed E-state index contributed by atoms with van der Waals surface area (Å²) in [6, 6.07) is 0. The van der Waals surface area contributed by atoms with Crippen LogP contribution in [-0.2, 0) is 12.3 Å². The zero-order valence-electron chi connectivity index (χ0n) is 8.34. The van der Waals surface area contributed by atoms with Crippen LogP contribution in [0.2, 0.25) is 26.2 Å². The van der Waals surface area contributed by atoms with Crippen LogP contribution in [0.5, 0.6) is 0 Å². The van der Waals surface area contributed by atoms with Crippen molar-refractivity contribution in [2.24, 2.45) is 0 Å². The van der Waals surface area contributed by atoms with Gasteiger partial charge in [-0.2, -0.15) is 0 Å². The largest absolute Gasteiger partial charge is 0.517 e. The highest BCUT2D eigenvalue weighted by molar-refractivity contribution is 6.72. The lowest BCUT2D eigenvalue weighted by atomic mass is 11.9. The van der Waals surface area contributed by atoms with Crippen LogP contribution in [0.1, 0.15) is 0 Å². The molecule has 0 bridgehead atoms. The monoisotopic (exact) mass is 262 g/mol. The predicted molar refractivity (Wildman–Crippen MR) is 57.5 cm³/mol. The second-order valence-electron chi connectivity index (χ2n) is 2.63. The fourth-order valence-electron chi connectivity index (χ4n) is 0.880. The molecular weight excluding hydrogens is 246 g/mol. The summed E-state index contributed by atoms with van der Waals surface area (Å²) < 4.78 is 40.6. The molecule has 0 aliphatic rings. The summed E-state index contributed by atoms with van der Waals surface area (Å²) in [4.78, 5) is 0. The highest BCUT2D eigenvalue weighted by Crippen LogP contribution is 2.10. The van der Waals surface area contributed by atoms with E-state index in [4.69, 9.17) is 12.3 Å². The molecule has 3 unspecified atom stereocenters. The molecule has 80 valence electrons. The van der Waals surface area contributed by atoms with Crippen molar-refractivity contribution in [3.05, 3.63) is 0 Å². The van der Waals surface area contributed by atoms with Crippen LogP contribution in [0, 0.1) is 0 Å². The van der Waals surface area contributed by atoms with E-state index in [1.165, 1.54) is 13.1 Å². The van der Waals surface area contributed by atoms with Gasteiger partial charge in [0.2, 0.25) is 0 Å². The molecule has 9 heteroatoms. The summed E-state index contributed by atoms with van der Waals surface area (Å²) in [5, 5.41) is 0. The summed E-state index contributed by atoms with van der Waals surface area (Å²) in [6.07, 6.45) is 0. The Balaban J connectivity index is 3.81. The van der Waals surface area contributed by atoms with E-state index < -0.39 is 37.3 Å². The van der Waals surface area contributed by atoms with Gasteiger partial charge in [-0.1, -0.05) is 6.55 Å². The Morgan fingerprint density at radius 2 is 1.92 bits per heavy atom. The first-order chi connectivity index (χ1) is 5.87. The molecule has 0 saturated carbocycles. The average molecular weight is 263 g/mol. The molecule has 0 aromatic carbocycles. The summed E-state index contributed by atoms with van der Waals surface area (Å²) in [5.41, 5.74) is 0. The molecule has 0 saturated heterocycles. The van der Waals surface area contributed by atoms with Crippen molar-refractivity contribution >= 4 is 37.3 Å². The van der Waals surface area contributed by atoms with Crippen molar-refractivity contribution in [3.63, 3.8) is 0 Å². The summed E-state index contributed by atoms with van der Waals surface area (Å²) in [6.45, 7) is 6.16. The molecule has 0 aliphatic carbocycles. The molecule has 13 heavy (non-hydrogen) atoms. The van der Waals surface area contributed by atoms with Gasteiger partial charge < -0.3 is 12.3 Å². The lowest BCUT2D eigenvalue weighted by Crippen LogP contribution is -2.42. The number of rotatable bonds is 6. The summed E-state index contributed by atoms with van der Waals surface area (Å²) >= 11 is 0. The Hall–Kier alpha value is 0.608. The lowest BCUT2D eigenvalue weighted by Gasteiger charge is -2.22. The first kappa shape index (κ1) is 13.6. The molecule has 0 heterocycles. The van der Waals surface area contributed by atoms with Crippen LogP contribution in [0.4, 0.5) is 8.22 Å². The third-order valence-corrected chi connectivity index (χ3v) is 10.4. The molecule has 3 atom stereocenters. The van der Waals surface area contributed by atoms with Crippen molar-refractivity contribution < 1.29 is 20.6 Å². The SMILES string of the molecule is C[SiH2]O[Si](C)(F)O[SiH](C)O[SiH](C)F. The standard InChI is InChI=1S/C4H16F2O3Si4/c1-10-7-13(4,6)9-12(3)8-11(2)5/h11-12H,10H2,1-4H3. The maximum absolute atomic E-state index is 13.4. The molecule has 0 amide bonds. The molecule has 0 aromatic rings. The quantitative estimate of drug-likeness (QED) is 0.511. The van der Waals surface area contributed by atoms with Gasteiger partial charge in [-0.05, 0) is 13.1 Å². The molecule has 0 spiro atoms.